The van der Waals surface area contributed by atoms with Crippen molar-refractivity contribution in [2.75, 3.05) is 26.3 Å². The Labute approximate surface area is 176 Å². The maximum atomic E-state index is 13.2. The second-order valence-electron chi connectivity index (χ2n) is 7.06. The van der Waals surface area contributed by atoms with Gasteiger partial charge >= 0.3 is 0 Å². The number of benzene rings is 3. The van der Waals surface area contributed by atoms with Crippen molar-refractivity contribution in [3.8, 4) is 22.9 Å². The monoisotopic (exact) mass is 398 g/mol. The van der Waals surface area contributed by atoms with E-state index in [1.54, 1.807) is 17.0 Å². The van der Waals surface area contributed by atoms with Crippen molar-refractivity contribution in [3.05, 3.63) is 90.0 Å². The molecular weight excluding hydrogens is 376 g/mol. The summed E-state index contributed by atoms with van der Waals surface area (Å²) in [4.78, 5) is 15.0. The first-order valence-corrected chi connectivity index (χ1v) is 9.93. The van der Waals surface area contributed by atoms with E-state index in [4.69, 9.17) is 14.7 Å². The topological polar surface area (TPSA) is 62.6 Å². The van der Waals surface area contributed by atoms with E-state index in [2.05, 4.69) is 6.07 Å². The number of morpholine rings is 1. The van der Waals surface area contributed by atoms with Gasteiger partial charge in [0.1, 0.15) is 5.75 Å². The minimum atomic E-state index is -0.704. The predicted octanol–water partition coefficient (Wildman–Crippen LogP) is 4.20. The van der Waals surface area contributed by atoms with Crippen LogP contribution in [0.1, 0.15) is 17.2 Å². The van der Waals surface area contributed by atoms with E-state index in [-0.39, 0.29) is 5.91 Å². The van der Waals surface area contributed by atoms with Crippen LogP contribution in [0, 0.1) is 11.3 Å². The average molecular weight is 398 g/mol. The lowest BCUT2D eigenvalue weighted by Crippen LogP contribution is -2.44. The van der Waals surface area contributed by atoms with Gasteiger partial charge in [-0.25, -0.2) is 0 Å². The van der Waals surface area contributed by atoms with Gasteiger partial charge in [-0.15, -0.1) is 0 Å². The van der Waals surface area contributed by atoms with Crippen molar-refractivity contribution in [1.82, 2.24) is 4.90 Å². The first-order valence-electron chi connectivity index (χ1n) is 9.93. The number of nitriles is 1. The fourth-order valence-electron chi connectivity index (χ4n) is 3.44. The largest absolute Gasteiger partial charge is 0.476 e. The minimum absolute atomic E-state index is 0.0549. The number of amides is 1. The molecule has 3 aromatic carbocycles. The Morgan fingerprint density at radius 3 is 2.10 bits per heavy atom. The van der Waals surface area contributed by atoms with Gasteiger partial charge in [-0.2, -0.15) is 5.26 Å². The molecule has 0 unspecified atom stereocenters. The van der Waals surface area contributed by atoms with Gasteiger partial charge in [0, 0.05) is 18.7 Å². The standard InChI is InChI=1S/C25H22N2O3/c26-18-19-6-8-20(9-7-19)21-10-12-23(13-11-21)30-24(22-4-2-1-3-5-22)25(28)27-14-16-29-17-15-27/h1-13,24H,14-17H2/t24-/m1/s1. The molecule has 0 saturated carbocycles. The molecule has 0 aliphatic carbocycles. The van der Waals surface area contributed by atoms with Crippen LogP contribution in [0.15, 0.2) is 78.9 Å². The highest BCUT2D eigenvalue weighted by Crippen LogP contribution is 2.27. The van der Waals surface area contributed by atoms with Crippen LogP contribution in [0.3, 0.4) is 0 Å². The van der Waals surface area contributed by atoms with Crippen molar-refractivity contribution in [2.24, 2.45) is 0 Å². The van der Waals surface area contributed by atoms with Crippen LogP contribution in [-0.2, 0) is 9.53 Å². The van der Waals surface area contributed by atoms with Crippen LogP contribution in [-0.4, -0.2) is 37.1 Å². The highest BCUT2D eigenvalue weighted by atomic mass is 16.5. The summed E-state index contributed by atoms with van der Waals surface area (Å²) in [6.45, 7) is 2.24. The molecule has 0 bridgehead atoms. The molecule has 0 spiro atoms. The molecule has 5 heteroatoms. The van der Waals surface area contributed by atoms with E-state index in [1.807, 2.05) is 66.7 Å². The van der Waals surface area contributed by atoms with Crippen LogP contribution < -0.4 is 4.74 Å². The fraction of sp³-hybridized carbons (Fsp3) is 0.200. The first kappa shape index (κ1) is 19.7. The Balaban J connectivity index is 1.55. The summed E-state index contributed by atoms with van der Waals surface area (Å²) in [5, 5.41) is 8.95. The van der Waals surface area contributed by atoms with E-state index >= 15 is 0 Å². The number of rotatable bonds is 5. The van der Waals surface area contributed by atoms with Gasteiger partial charge in [0.25, 0.3) is 5.91 Å². The van der Waals surface area contributed by atoms with Crippen LogP contribution in [0.25, 0.3) is 11.1 Å². The second kappa shape index (κ2) is 9.25. The van der Waals surface area contributed by atoms with Crippen molar-refractivity contribution in [1.29, 1.82) is 5.26 Å². The van der Waals surface area contributed by atoms with E-state index in [1.165, 1.54) is 0 Å². The molecule has 5 nitrogen and oxygen atoms in total. The Morgan fingerprint density at radius 1 is 0.900 bits per heavy atom. The maximum absolute atomic E-state index is 13.2. The summed E-state index contributed by atoms with van der Waals surface area (Å²) >= 11 is 0. The number of hydrogen-bond donors (Lipinski definition) is 0. The summed E-state index contributed by atoms with van der Waals surface area (Å²) in [5.41, 5.74) is 3.49. The summed E-state index contributed by atoms with van der Waals surface area (Å²) < 4.78 is 11.5. The van der Waals surface area contributed by atoms with Crippen molar-refractivity contribution in [2.45, 2.75) is 6.10 Å². The Bertz CT molecular complexity index is 1020. The highest BCUT2D eigenvalue weighted by Gasteiger charge is 2.29. The summed E-state index contributed by atoms with van der Waals surface area (Å²) in [6, 6.07) is 26.8. The molecule has 1 atom stereocenters. The number of carbonyl (C=O) groups is 1. The summed E-state index contributed by atoms with van der Waals surface area (Å²) in [5.74, 6) is 0.573. The van der Waals surface area contributed by atoms with Gasteiger partial charge in [0.05, 0.1) is 24.8 Å². The predicted molar refractivity (Wildman–Crippen MR) is 114 cm³/mol. The Morgan fingerprint density at radius 2 is 1.50 bits per heavy atom. The molecule has 0 N–H and O–H groups in total. The molecule has 150 valence electrons. The zero-order chi connectivity index (χ0) is 20.8. The Hall–Kier alpha value is -3.62. The fourth-order valence-corrected chi connectivity index (χ4v) is 3.44. The second-order valence-corrected chi connectivity index (χ2v) is 7.06. The molecule has 1 amide bonds. The molecule has 3 aromatic rings. The van der Waals surface area contributed by atoms with Gasteiger partial charge in [-0.3, -0.25) is 4.79 Å². The molecule has 1 aliphatic rings. The summed E-state index contributed by atoms with van der Waals surface area (Å²) in [6.07, 6.45) is -0.704. The molecule has 1 aliphatic heterocycles. The highest BCUT2D eigenvalue weighted by molar-refractivity contribution is 5.83. The van der Waals surface area contributed by atoms with Crippen molar-refractivity contribution in [3.63, 3.8) is 0 Å². The molecule has 0 radical (unpaired) electrons. The lowest BCUT2D eigenvalue weighted by molar-refractivity contribution is -0.143. The van der Waals surface area contributed by atoms with Crippen LogP contribution >= 0.6 is 0 Å². The molecule has 30 heavy (non-hydrogen) atoms. The third kappa shape index (κ3) is 4.51. The lowest BCUT2D eigenvalue weighted by Gasteiger charge is -2.30. The molecule has 1 heterocycles. The van der Waals surface area contributed by atoms with Gasteiger partial charge < -0.3 is 14.4 Å². The van der Waals surface area contributed by atoms with Crippen LogP contribution in [0.2, 0.25) is 0 Å². The molecule has 4 rings (SSSR count). The van der Waals surface area contributed by atoms with Gasteiger partial charge in [0.15, 0.2) is 0 Å². The number of carbonyl (C=O) groups excluding carboxylic acids is 1. The third-order valence-electron chi connectivity index (χ3n) is 5.10. The van der Waals surface area contributed by atoms with Crippen molar-refractivity contribution >= 4 is 5.91 Å². The molecule has 0 aromatic heterocycles. The SMILES string of the molecule is N#Cc1ccc(-c2ccc(O[C@@H](C(=O)N3CCOCC3)c3ccccc3)cc2)cc1. The number of hydrogen-bond acceptors (Lipinski definition) is 4. The lowest BCUT2D eigenvalue weighted by atomic mass is 10.0. The molecule has 1 fully saturated rings. The molecular formula is C25H22N2O3. The zero-order valence-corrected chi connectivity index (χ0v) is 16.5. The normalized spacial score (nSPS) is 14.6. The summed E-state index contributed by atoms with van der Waals surface area (Å²) in [7, 11) is 0. The van der Waals surface area contributed by atoms with Gasteiger partial charge in [0.2, 0.25) is 6.10 Å². The smallest absolute Gasteiger partial charge is 0.268 e. The van der Waals surface area contributed by atoms with E-state index in [9.17, 15) is 4.79 Å². The minimum Gasteiger partial charge on any atom is -0.476 e. The van der Waals surface area contributed by atoms with Gasteiger partial charge in [-0.1, -0.05) is 54.6 Å². The third-order valence-corrected chi connectivity index (χ3v) is 5.10. The maximum Gasteiger partial charge on any atom is 0.268 e. The van der Waals surface area contributed by atoms with E-state index in [0.717, 1.165) is 16.7 Å². The van der Waals surface area contributed by atoms with Crippen LogP contribution in [0.4, 0.5) is 0 Å². The van der Waals surface area contributed by atoms with Crippen molar-refractivity contribution < 1.29 is 14.3 Å². The van der Waals surface area contributed by atoms with Gasteiger partial charge in [-0.05, 0) is 35.4 Å². The number of ether oxygens (including phenoxy) is 2. The van der Waals surface area contributed by atoms with Crippen LogP contribution in [0.5, 0.6) is 5.75 Å². The number of nitrogens with zero attached hydrogens (tertiary/aromatic N) is 2. The quantitative estimate of drug-likeness (QED) is 0.646. The Kier molecular flexibility index (Phi) is 6.07. The zero-order valence-electron chi connectivity index (χ0n) is 16.5. The van der Waals surface area contributed by atoms with E-state index in [0.29, 0.717) is 37.6 Å². The van der Waals surface area contributed by atoms with E-state index < -0.39 is 6.10 Å². The average Bonchev–Trinajstić information content (AvgIpc) is 2.84. The first-order chi connectivity index (χ1) is 14.7. The molecule has 1 saturated heterocycles.